The SMILES string of the molecule is COC(CNC(=O)c1ccc(C#N)cc1)CNC(=O)c1ccc(C#N)cc1. The van der Waals surface area contributed by atoms with E-state index in [0.29, 0.717) is 22.3 Å². The van der Waals surface area contributed by atoms with Gasteiger partial charge in [-0.3, -0.25) is 9.59 Å². The molecule has 7 heteroatoms. The van der Waals surface area contributed by atoms with Gasteiger partial charge in [0.05, 0.1) is 29.4 Å². The average Bonchev–Trinajstić information content (AvgIpc) is 2.73. The zero-order valence-electron chi connectivity index (χ0n) is 14.7. The van der Waals surface area contributed by atoms with Crippen molar-refractivity contribution in [1.82, 2.24) is 10.6 Å². The van der Waals surface area contributed by atoms with E-state index >= 15 is 0 Å². The fourth-order valence-electron chi connectivity index (χ4n) is 2.25. The number of hydrogen-bond acceptors (Lipinski definition) is 5. The first-order valence-electron chi connectivity index (χ1n) is 8.17. The van der Waals surface area contributed by atoms with Crippen LogP contribution in [-0.2, 0) is 4.74 Å². The van der Waals surface area contributed by atoms with Gasteiger partial charge in [-0.05, 0) is 48.5 Å². The van der Waals surface area contributed by atoms with E-state index in [1.165, 1.54) is 7.11 Å². The van der Waals surface area contributed by atoms with Crippen LogP contribution in [0.5, 0.6) is 0 Å². The number of carbonyl (C=O) groups is 2. The molecule has 0 saturated heterocycles. The van der Waals surface area contributed by atoms with Gasteiger partial charge in [-0.15, -0.1) is 0 Å². The smallest absolute Gasteiger partial charge is 0.251 e. The minimum atomic E-state index is -0.408. The molecule has 2 aromatic rings. The molecule has 0 radical (unpaired) electrons. The molecule has 2 amide bonds. The second-order valence-electron chi connectivity index (χ2n) is 5.66. The summed E-state index contributed by atoms with van der Waals surface area (Å²) in [6.45, 7) is 0.423. The number of amides is 2. The maximum atomic E-state index is 12.1. The molecule has 2 rings (SSSR count). The Morgan fingerprint density at radius 3 is 1.52 bits per heavy atom. The van der Waals surface area contributed by atoms with E-state index in [0.717, 1.165) is 0 Å². The predicted octanol–water partition coefficient (Wildman–Crippen LogP) is 1.60. The lowest BCUT2D eigenvalue weighted by molar-refractivity contribution is 0.0776. The Hall–Kier alpha value is -3.68. The van der Waals surface area contributed by atoms with Crippen LogP contribution >= 0.6 is 0 Å². The summed E-state index contributed by atoms with van der Waals surface area (Å²) in [5, 5.41) is 23.0. The second kappa shape index (κ2) is 9.71. The third kappa shape index (κ3) is 5.67. The van der Waals surface area contributed by atoms with Crippen LogP contribution in [0.3, 0.4) is 0 Å². The van der Waals surface area contributed by atoms with Crippen LogP contribution in [0.2, 0.25) is 0 Å². The first kappa shape index (κ1) is 19.6. The first-order chi connectivity index (χ1) is 13.1. The molecule has 7 nitrogen and oxygen atoms in total. The van der Waals surface area contributed by atoms with Gasteiger partial charge in [-0.2, -0.15) is 10.5 Å². The fraction of sp³-hybridized carbons (Fsp3) is 0.200. The minimum absolute atomic E-state index is 0.211. The van der Waals surface area contributed by atoms with Crippen LogP contribution in [0, 0.1) is 22.7 Å². The van der Waals surface area contributed by atoms with Crippen molar-refractivity contribution in [3.05, 3.63) is 70.8 Å². The minimum Gasteiger partial charge on any atom is -0.378 e. The van der Waals surface area contributed by atoms with E-state index in [9.17, 15) is 9.59 Å². The number of methoxy groups -OCH3 is 1. The number of carbonyl (C=O) groups excluding carboxylic acids is 2. The maximum absolute atomic E-state index is 12.1. The number of ether oxygens (including phenoxy) is 1. The molecule has 0 heterocycles. The van der Waals surface area contributed by atoms with E-state index < -0.39 is 6.10 Å². The topological polar surface area (TPSA) is 115 Å². The Morgan fingerprint density at radius 1 is 0.852 bits per heavy atom. The molecule has 0 aliphatic rings. The lowest BCUT2D eigenvalue weighted by Crippen LogP contribution is -2.41. The largest absolute Gasteiger partial charge is 0.378 e. The molecule has 136 valence electrons. The highest BCUT2D eigenvalue weighted by Gasteiger charge is 2.13. The third-order valence-electron chi connectivity index (χ3n) is 3.87. The molecular weight excluding hydrogens is 344 g/mol. The highest BCUT2D eigenvalue weighted by Crippen LogP contribution is 2.04. The van der Waals surface area contributed by atoms with Crippen molar-refractivity contribution in [3.63, 3.8) is 0 Å². The Kier molecular flexibility index (Phi) is 7.07. The van der Waals surface area contributed by atoms with E-state index in [1.807, 2.05) is 12.1 Å². The van der Waals surface area contributed by atoms with Gasteiger partial charge in [-0.1, -0.05) is 0 Å². The molecular formula is C20H18N4O3. The fourth-order valence-corrected chi connectivity index (χ4v) is 2.25. The van der Waals surface area contributed by atoms with E-state index in [4.69, 9.17) is 15.3 Å². The molecule has 0 bridgehead atoms. The van der Waals surface area contributed by atoms with E-state index in [1.54, 1.807) is 48.5 Å². The van der Waals surface area contributed by atoms with Crippen molar-refractivity contribution in [1.29, 1.82) is 10.5 Å². The number of rotatable bonds is 7. The number of benzene rings is 2. The van der Waals surface area contributed by atoms with Crippen molar-refractivity contribution >= 4 is 11.8 Å². The van der Waals surface area contributed by atoms with Crippen LogP contribution in [0.1, 0.15) is 31.8 Å². The summed E-state index contributed by atoms with van der Waals surface area (Å²) in [4.78, 5) is 24.2. The molecule has 0 atom stereocenters. The predicted molar refractivity (Wildman–Crippen MR) is 97.8 cm³/mol. The summed E-state index contributed by atoms with van der Waals surface area (Å²) in [5.41, 5.74) is 1.83. The summed E-state index contributed by atoms with van der Waals surface area (Å²) in [5.74, 6) is -0.583. The molecule has 0 fully saturated rings. The molecule has 27 heavy (non-hydrogen) atoms. The maximum Gasteiger partial charge on any atom is 0.251 e. The third-order valence-corrected chi connectivity index (χ3v) is 3.87. The van der Waals surface area contributed by atoms with Gasteiger partial charge in [0.1, 0.15) is 0 Å². The van der Waals surface area contributed by atoms with Crippen molar-refractivity contribution in [2.75, 3.05) is 20.2 Å². The highest BCUT2D eigenvalue weighted by molar-refractivity contribution is 5.95. The Balaban J connectivity index is 1.83. The summed E-state index contributed by atoms with van der Waals surface area (Å²) < 4.78 is 5.28. The van der Waals surface area contributed by atoms with Gasteiger partial charge in [0.15, 0.2) is 0 Å². The van der Waals surface area contributed by atoms with Crippen LogP contribution in [-0.4, -0.2) is 38.1 Å². The van der Waals surface area contributed by atoms with Crippen LogP contribution in [0.4, 0.5) is 0 Å². The molecule has 0 aromatic heterocycles. The van der Waals surface area contributed by atoms with Gasteiger partial charge in [0, 0.05) is 31.3 Å². The van der Waals surface area contributed by atoms with Crippen molar-refractivity contribution in [3.8, 4) is 12.1 Å². The quantitative estimate of drug-likeness (QED) is 0.776. The summed E-state index contributed by atoms with van der Waals surface area (Å²) >= 11 is 0. The Labute approximate surface area is 157 Å². The number of nitrogens with zero attached hydrogens (tertiary/aromatic N) is 2. The van der Waals surface area contributed by atoms with Gasteiger partial charge in [-0.25, -0.2) is 0 Å². The molecule has 0 unspecified atom stereocenters. The van der Waals surface area contributed by atoms with Gasteiger partial charge in [0.25, 0.3) is 11.8 Å². The number of nitrogens with one attached hydrogen (secondary N) is 2. The average molecular weight is 362 g/mol. The lowest BCUT2D eigenvalue weighted by Gasteiger charge is -2.17. The van der Waals surface area contributed by atoms with Crippen molar-refractivity contribution in [2.24, 2.45) is 0 Å². The van der Waals surface area contributed by atoms with Crippen LogP contribution < -0.4 is 10.6 Å². The second-order valence-corrected chi connectivity index (χ2v) is 5.66. The molecule has 0 aliphatic carbocycles. The molecule has 0 spiro atoms. The van der Waals surface area contributed by atoms with E-state index in [-0.39, 0.29) is 24.9 Å². The van der Waals surface area contributed by atoms with Crippen molar-refractivity contribution in [2.45, 2.75) is 6.10 Å². The zero-order chi connectivity index (χ0) is 19.6. The Morgan fingerprint density at radius 2 is 1.22 bits per heavy atom. The number of hydrogen-bond donors (Lipinski definition) is 2. The standard InChI is InChI=1S/C20H18N4O3/c1-27-18(12-23-19(25)16-6-2-14(10-21)3-7-16)13-24-20(26)17-8-4-15(11-22)5-9-17/h2-9,18H,12-13H2,1H3,(H,23,25)(H,24,26). The van der Waals surface area contributed by atoms with Gasteiger partial charge < -0.3 is 15.4 Å². The van der Waals surface area contributed by atoms with Crippen molar-refractivity contribution < 1.29 is 14.3 Å². The first-order valence-corrected chi connectivity index (χ1v) is 8.17. The molecule has 2 aromatic carbocycles. The molecule has 2 N–H and O–H groups in total. The summed E-state index contributed by atoms with van der Waals surface area (Å²) in [7, 11) is 1.49. The number of nitriles is 2. The summed E-state index contributed by atoms with van der Waals surface area (Å²) in [6.07, 6.45) is -0.408. The normalized spacial score (nSPS) is 9.93. The zero-order valence-corrected chi connectivity index (χ0v) is 14.7. The Bertz CT molecular complexity index is 804. The van der Waals surface area contributed by atoms with Crippen LogP contribution in [0.15, 0.2) is 48.5 Å². The lowest BCUT2D eigenvalue weighted by atomic mass is 10.1. The molecule has 0 aliphatic heterocycles. The van der Waals surface area contributed by atoms with Gasteiger partial charge in [0.2, 0.25) is 0 Å². The summed E-state index contributed by atoms with van der Waals surface area (Å²) in [6, 6.07) is 16.6. The highest BCUT2D eigenvalue weighted by atomic mass is 16.5. The van der Waals surface area contributed by atoms with Crippen LogP contribution in [0.25, 0.3) is 0 Å². The van der Waals surface area contributed by atoms with E-state index in [2.05, 4.69) is 10.6 Å². The van der Waals surface area contributed by atoms with Gasteiger partial charge >= 0.3 is 0 Å². The monoisotopic (exact) mass is 362 g/mol. The molecule has 0 saturated carbocycles.